The van der Waals surface area contributed by atoms with E-state index in [1.165, 1.54) is 6.92 Å². The van der Waals surface area contributed by atoms with Gasteiger partial charge in [0, 0.05) is 12.2 Å². The zero-order chi connectivity index (χ0) is 26.9. The van der Waals surface area contributed by atoms with E-state index in [-0.39, 0.29) is 5.75 Å². The minimum atomic E-state index is -1.59. The molecule has 17 heteroatoms. The molecule has 0 radical (unpaired) electrons. The van der Waals surface area contributed by atoms with Gasteiger partial charge in [-0.05, 0) is 6.92 Å². The van der Waals surface area contributed by atoms with Crippen LogP contribution in [-0.2, 0) is 33.6 Å². The second-order valence-electron chi connectivity index (χ2n) is 7.69. The third kappa shape index (κ3) is 9.38. The molecule has 3 unspecified atom stereocenters. The number of nitrogens with one attached hydrogen (secondary N) is 4. The average Bonchev–Trinajstić information content (AvgIpc) is 2.74. The Bertz CT molecular complexity index is 871. The first kappa shape index (κ1) is 29.6. The Morgan fingerprint density at radius 3 is 1.94 bits per heavy atom. The molecule has 0 bridgehead atoms. The van der Waals surface area contributed by atoms with E-state index in [1.807, 2.05) is 0 Å². The highest BCUT2D eigenvalue weighted by Gasteiger charge is 2.36. The Morgan fingerprint density at radius 1 is 0.886 bits per heavy atom. The van der Waals surface area contributed by atoms with Gasteiger partial charge in [0.25, 0.3) is 0 Å². The molecule has 1 heterocycles. The Morgan fingerprint density at radius 2 is 1.43 bits per heavy atom. The number of hydrogen-bond donors (Lipinski definition) is 9. The molecule has 1 fully saturated rings. The summed E-state index contributed by atoms with van der Waals surface area (Å²) in [6.07, 6.45) is -1.32. The summed E-state index contributed by atoms with van der Waals surface area (Å²) in [6, 6.07) is -7.16. The average molecular weight is 520 g/mol. The highest BCUT2D eigenvalue weighted by atomic mass is 32.2. The summed E-state index contributed by atoms with van der Waals surface area (Å²) in [5.74, 6) is -7.60. The third-order valence-electron chi connectivity index (χ3n) is 4.76. The lowest BCUT2D eigenvalue weighted by Gasteiger charge is -2.28. The molecule has 1 aliphatic rings. The Balaban J connectivity index is 3.40. The van der Waals surface area contributed by atoms with E-state index < -0.39 is 96.3 Å². The van der Waals surface area contributed by atoms with E-state index in [9.17, 15) is 43.8 Å². The van der Waals surface area contributed by atoms with E-state index in [0.29, 0.717) is 11.8 Å². The highest BCUT2D eigenvalue weighted by Crippen LogP contribution is 2.19. The first-order valence-corrected chi connectivity index (χ1v) is 11.3. The number of hydrogen-bond acceptors (Lipinski definition) is 10. The molecule has 0 aromatic heterocycles. The summed E-state index contributed by atoms with van der Waals surface area (Å²) in [4.78, 5) is 85.0. The lowest BCUT2D eigenvalue weighted by atomic mass is 10.1. The lowest BCUT2D eigenvalue weighted by molar-refractivity contribution is -0.138. The molecule has 0 aliphatic carbocycles. The second kappa shape index (κ2) is 13.4. The van der Waals surface area contributed by atoms with Gasteiger partial charge in [-0.25, -0.2) is 0 Å². The largest absolute Gasteiger partial charge is 0.480 e. The molecule has 0 saturated carbocycles. The van der Waals surface area contributed by atoms with Crippen molar-refractivity contribution in [1.82, 2.24) is 21.3 Å². The van der Waals surface area contributed by atoms with Crippen molar-refractivity contribution >= 4 is 53.2 Å². The normalized spacial score (nSPS) is 29.2. The number of thioether (sulfide) groups is 1. The van der Waals surface area contributed by atoms with E-state index >= 15 is 0 Å². The zero-order valence-corrected chi connectivity index (χ0v) is 19.5. The number of aliphatic hydroxyl groups excluding tert-OH is 1. The molecule has 1 rings (SSSR count). The van der Waals surface area contributed by atoms with Crippen LogP contribution in [0.1, 0.15) is 19.8 Å². The number of carboxylic acids is 1. The van der Waals surface area contributed by atoms with Crippen LogP contribution in [0.4, 0.5) is 0 Å². The van der Waals surface area contributed by atoms with Gasteiger partial charge in [-0.1, -0.05) is 0 Å². The molecular weight excluding hydrogens is 490 g/mol. The van der Waals surface area contributed by atoms with Crippen molar-refractivity contribution in [3.05, 3.63) is 0 Å². The van der Waals surface area contributed by atoms with Gasteiger partial charge in [-0.2, -0.15) is 0 Å². The van der Waals surface area contributed by atoms with E-state index in [4.69, 9.17) is 17.2 Å². The van der Waals surface area contributed by atoms with Crippen LogP contribution in [0.15, 0.2) is 0 Å². The monoisotopic (exact) mass is 519 g/mol. The van der Waals surface area contributed by atoms with Gasteiger partial charge in [-0.3, -0.25) is 33.6 Å². The number of aliphatic carboxylic acids is 1. The lowest BCUT2D eigenvalue weighted by Crippen LogP contribution is -2.60. The van der Waals surface area contributed by atoms with Crippen LogP contribution in [0.3, 0.4) is 0 Å². The van der Waals surface area contributed by atoms with Crippen LogP contribution in [0, 0.1) is 0 Å². The maximum absolute atomic E-state index is 12.8. The number of aliphatic hydroxyl groups is 1. The maximum Gasteiger partial charge on any atom is 0.318 e. The molecule has 0 aromatic rings. The molecule has 0 aromatic carbocycles. The van der Waals surface area contributed by atoms with Gasteiger partial charge in [-0.15, -0.1) is 11.8 Å². The van der Waals surface area contributed by atoms with Gasteiger partial charge < -0.3 is 48.7 Å². The van der Waals surface area contributed by atoms with Crippen LogP contribution in [-0.4, -0.2) is 99.4 Å². The van der Waals surface area contributed by atoms with Crippen molar-refractivity contribution in [3.8, 4) is 0 Å². The minimum Gasteiger partial charge on any atom is -0.480 e. The molecule has 6 amide bonds. The van der Waals surface area contributed by atoms with Crippen molar-refractivity contribution in [1.29, 1.82) is 0 Å². The zero-order valence-electron chi connectivity index (χ0n) is 18.7. The second-order valence-corrected chi connectivity index (χ2v) is 8.86. The fraction of sp³-hybridized carbons (Fsp3) is 0.611. The van der Waals surface area contributed by atoms with E-state index in [1.54, 1.807) is 0 Å². The SMILES string of the molecule is C[C@@H]1NC(=O)C(CO)NC(=O)[C@@H](N)CSC(C(=O)O)[C@@H](CC(N)=O)NC(=O)C(CC(N)=O)NC1=O. The molecule has 16 nitrogen and oxygen atoms in total. The molecule has 0 spiro atoms. The quantitative estimate of drug-likeness (QED) is 0.159. The van der Waals surface area contributed by atoms with Crippen LogP contribution >= 0.6 is 11.8 Å². The van der Waals surface area contributed by atoms with Crippen molar-refractivity contribution in [2.24, 2.45) is 17.2 Å². The van der Waals surface area contributed by atoms with Crippen LogP contribution in [0.5, 0.6) is 0 Å². The Hall–Kier alpha value is -3.44. The summed E-state index contributed by atoms with van der Waals surface area (Å²) in [6.45, 7) is 0.376. The molecule has 196 valence electrons. The summed E-state index contributed by atoms with van der Waals surface area (Å²) in [5, 5.41) is 26.5. The smallest absolute Gasteiger partial charge is 0.318 e. The fourth-order valence-corrected chi connectivity index (χ4v) is 4.04. The Labute approximate surface area is 203 Å². The highest BCUT2D eigenvalue weighted by molar-refractivity contribution is 8.00. The number of carbonyl (C=O) groups is 7. The molecule has 6 atom stereocenters. The topological polar surface area (TPSA) is 286 Å². The van der Waals surface area contributed by atoms with Crippen LogP contribution < -0.4 is 38.5 Å². The number of amides is 6. The number of rotatable bonds is 6. The maximum atomic E-state index is 12.8. The van der Waals surface area contributed by atoms with Crippen molar-refractivity contribution in [3.63, 3.8) is 0 Å². The fourth-order valence-electron chi connectivity index (χ4n) is 2.94. The van der Waals surface area contributed by atoms with Crippen molar-refractivity contribution in [2.75, 3.05) is 12.4 Å². The summed E-state index contributed by atoms with van der Waals surface area (Å²) in [7, 11) is 0. The van der Waals surface area contributed by atoms with Crippen molar-refractivity contribution in [2.45, 2.75) is 55.2 Å². The minimum absolute atomic E-state index is 0.328. The predicted molar refractivity (Wildman–Crippen MR) is 120 cm³/mol. The number of carboxylic acid groups (broad SMARTS) is 1. The number of primary amides is 2. The first-order valence-electron chi connectivity index (χ1n) is 10.3. The summed E-state index contributed by atoms with van der Waals surface area (Å²) >= 11 is 0.605. The molecule has 1 saturated heterocycles. The van der Waals surface area contributed by atoms with Gasteiger partial charge in [0.15, 0.2) is 0 Å². The van der Waals surface area contributed by atoms with Gasteiger partial charge in [0.1, 0.15) is 23.4 Å². The van der Waals surface area contributed by atoms with Gasteiger partial charge >= 0.3 is 5.97 Å². The van der Waals surface area contributed by atoms with Crippen LogP contribution in [0.25, 0.3) is 0 Å². The van der Waals surface area contributed by atoms with Gasteiger partial charge in [0.2, 0.25) is 35.4 Å². The first-order chi connectivity index (χ1) is 16.3. The third-order valence-corrected chi connectivity index (χ3v) is 6.20. The number of carbonyl (C=O) groups excluding carboxylic acids is 6. The van der Waals surface area contributed by atoms with E-state index in [2.05, 4.69) is 21.3 Å². The summed E-state index contributed by atoms with van der Waals surface area (Å²) in [5.41, 5.74) is 16.1. The molecule has 35 heavy (non-hydrogen) atoms. The van der Waals surface area contributed by atoms with Crippen LogP contribution in [0.2, 0.25) is 0 Å². The summed E-state index contributed by atoms with van der Waals surface area (Å²) < 4.78 is 0. The predicted octanol–water partition coefficient (Wildman–Crippen LogP) is -5.78. The number of nitrogens with two attached hydrogens (primary N) is 3. The van der Waals surface area contributed by atoms with E-state index in [0.717, 1.165) is 0 Å². The standard InChI is InChI=1S/C18H29N7O9S/c1-6-14(29)24-9(3-12(21)28)16(31)23-8(2-11(20)27)13(18(33)34)35-5-7(19)15(30)25-10(4-26)17(32)22-6/h6-10,13,26H,2-5,19H2,1H3,(H2,20,27)(H2,21,28)(H,22,32)(H,23,31)(H,24,29)(H,25,30)(H,33,34)/t6-,7-,8+,9?,10?,13?/m0/s1. The molecule has 1 aliphatic heterocycles. The Kier molecular flexibility index (Phi) is 11.4. The van der Waals surface area contributed by atoms with Gasteiger partial charge in [0.05, 0.1) is 25.1 Å². The van der Waals surface area contributed by atoms with Crippen molar-refractivity contribution < 1.29 is 43.8 Å². The molecular formula is C18H29N7O9S. The molecule has 12 N–H and O–H groups in total.